The van der Waals surface area contributed by atoms with Crippen molar-refractivity contribution in [3.8, 4) is 0 Å². The molecule has 0 amide bonds. The second kappa shape index (κ2) is 11.1. The van der Waals surface area contributed by atoms with Crippen LogP contribution in [0.2, 0.25) is 9.49 Å². The summed E-state index contributed by atoms with van der Waals surface area (Å²) >= 11 is 13.8. The zero-order chi connectivity index (χ0) is 27.0. The summed E-state index contributed by atoms with van der Waals surface area (Å²) < 4.78 is 39.3. The number of rotatable bonds is 8. The number of carbonyl (C=O) groups excluding carboxylic acids is 1. The Hall–Kier alpha value is -2.23. The van der Waals surface area contributed by atoms with E-state index in [4.69, 9.17) is 32.5 Å². The van der Waals surface area contributed by atoms with Gasteiger partial charge in [0.2, 0.25) is 5.78 Å². The van der Waals surface area contributed by atoms with Crippen molar-refractivity contribution in [2.24, 2.45) is 5.92 Å². The van der Waals surface area contributed by atoms with E-state index in [1.165, 1.54) is 12.5 Å². The molecular weight excluding hydrogens is 577 g/mol. The molecule has 2 aliphatic rings. The van der Waals surface area contributed by atoms with Crippen LogP contribution >= 0.6 is 34.5 Å². The van der Waals surface area contributed by atoms with Crippen molar-refractivity contribution >= 4 is 56.4 Å². The lowest BCUT2D eigenvalue weighted by Crippen LogP contribution is -2.32. The van der Waals surface area contributed by atoms with Gasteiger partial charge in [-0.05, 0) is 42.5 Å². The van der Waals surface area contributed by atoms with Gasteiger partial charge in [-0.15, -0.1) is 11.3 Å². The van der Waals surface area contributed by atoms with Crippen LogP contribution in [0.3, 0.4) is 0 Å². The van der Waals surface area contributed by atoms with Gasteiger partial charge in [-0.1, -0.05) is 23.2 Å². The quantitative estimate of drug-likeness (QED) is 0.172. The molecule has 38 heavy (non-hydrogen) atoms. The molecule has 1 saturated carbocycles. The molecule has 0 aromatic carbocycles. The summed E-state index contributed by atoms with van der Waals surface area (Å²) in [4.78, 5) is 26.3. The number of carbonyl (C=O) groups is 1. The molecule has 11 nitrogen and oxygen atoms in total. The Balaban J connectivity index is 1.35. The van der Waals surface area contributed by atoms with Gasteiger partial charge >= 0.3 is 10.3 Å². The molecule has 3 aromatic rings. The molecule has 4 atom stereocenters. The second-order valence-electron chi connectivity index (χ2n) is 9.12. The highest BCUT2D eigenvalue weighted by molar-refractivity contribution is 7.83. The zero-order valence-electron chi connectivity index (χ0n) is 19.7. The number of aliphatic hydroxyl groups is 1. The molecule has 1 fully saturated rings. The molecule has 1 aliphatic carbocycles. The number of hydrogen-bond donors (Lipinski definition) is 4. The Morgan fingerprint density at radius 2 is 2.00 bits per heavy atom. The normalized spacial score (nSPS) is 23.3. The number of fused-ring (bicyclic) bond motifs is 1. The molecule has 0 unspecified atom stereocenters. The smallest absolute Gasteiger partial charge is 0.333 e. The van der Waals surface area contributed by atoms with Gasteiger partial charge in [0.15, 0.2) is 0 Å². The largest absolute Gasteiger partial charge is 0.393 e. The monoisotopic (exact) mass is 599 g/mol. The third kappa shape index (κ3) is 6.00. The number of ketones is 1. The minimum Gasteiger partial charge on any atom is -0.393 e. The van der Waals surface area contributed by atoms with Crippen LogP contribution in [-0.4, -0.2) is 64.1 Å². The van der Waals surface area contributed by atoms with E-state index >= 15 is 0 Å². The van der Waals surface area contributed by atoms with E-state index in [9.17, 15) is 18.3 Å². The van der Waals surface area contributed by atoms with Gasteiger partial charge in [-0.25, -0.2) is 15.0 Å². The Morgan fingerprint density at radius 3 is 2.79 bits per heavy atom. The first-order valence-corrected chi connectivity index (χ1v) is 14.7. The molecule has 4 heterocycles. The summed E-state index contributed by atoms with van der Waals surface area (Å²) in [5, 5.41) is 13.9. The minimum atomic E-state index is -4.36. The topological polar surface area (TPSA) is 164 Å². The minimum absolute atomic E-state index is 0.113. The third-order valence-corrected chi connectivity index (χ3v) is 8.76. The molecule has 5 rings (SSSR count). The van der Waals surface area contributed by atoms with Crippen molar-refractivity contribution in [3.63, 3.8) is 0 Å². The number of hydrogen-bond acceptors (Lipinski definition) is 10. The highest BCUT2D eigenvalue weighted by Gasteiger charge is 2.35. The third-order valence-electron chi connectivity index (χ3n) is 6.63. The summed E-state index contributed by atoms with van der Waals surface area (Å²) in [6.07, 6.45) is 4.55. The fourth-order valence-corrected chi connectivity index (χ4v) is 6.68. The highest BCUT2D eigenvalue weighted by atomic mass is 35.5. The first kappa shape index (κ1) is 27.3. The first-order chi connectivity index (χ1) is 18.1. The van der Waals surface area contributed by atoms with Crippen molar-refractivity contribution in [3.05, 3.63) is 67.5 Å². The maximum atomic E-state index is 13.5. The van der Waals surface area contributed by atoms with Crippen LogP contribution in [0.1, 0.15) is 50.9 Å². The first-order valence-electron chi connectivity index (χ1n) is 11.7. The molecular formula is C23H23Cl2N5O6S2. The van der Waals surface area contributed by atoms with E-state index in [0.717, 1.165) is 22.5 Å². The molecule has 4 N–H and O–H groups in total. The number of thiophene rings is 1. The zero-order valence-corrected chi connectivity index (χ0v) is 22.8. The van der Waals surface area contributed by atoms with Crippen molar-refractivity contribution in [1.82, 2.24) is 19.7 Å². The van der Waals surface area contributed by atoms with Crippen molar-refractivity contribution in [1.29, 1.82) is 0 Å². The van der Waals surface area contributed by atoms with Gasteiger partial charge in [-0.3, -0.25) is 9.35 Å². The molecule has 3 aromatic heterocycles. The van der Waals surface area contributed by atoms with E-state index in [2.05, 4.69) is 20.3 Å². The predicted molar refractivity (Wildman–Crippen MR) is 141 cm³/mol. The van der Waals surface area contributed by atoms with Crippen LogP contribution in [0.15, 0.2) is 30.9 Å². The Morgan fingerprint density at radius 1 is 1.18 bits per heavy atom. The fraction of sp³-hybridized carbons (Fsp3) is 0.391. The van der Waals surface area contributed by atoms with E-state index in [1.54, 1.807) is 18.3 Å². The predicted octanol–water partition coefficient (Wildman–Crippen LogP) is 3.08. The van der Waals surface area contributed by atoms with Crippen molar-refractivity contribution in [2.75, 3.05) is 18.5 Å². The van der Waals surface area contributed by atoms with Crippen LogP contribution in [0.5, 0.6) is 0 Å². The van der Waals surface area contributed by atoms with Gasteiger partial charge in [0.05, 0.1) is 27.5 Å². The maximum absolute atomic E-state index is 13.5. The lowest BCUT2D eigenvalue weighted by atomic mass is 9.96. The SMILES string of the molecule is O=C(c1cc([C@@H]2OCCc3cnc(Cl)cc32)c(Cl)s1)c1cncnc1N[C@@H]1C[C@H](CNS(=O)(=O)O)[C@@H](O)C1. The molecule has 15 heteroatoms. The van der Waals surface area contributed by atoms with E-state index in [1.807, 2.05) is 4.72 Å². The summed E-state index contributed by atoms with van der Waals surface area (Å²) in [6.45, 7) is 0.364. The summed E-state index contributed by atoms with van der Waals surface area (Å²) in [6, 6.07) is 3.17. The lowest BCUT2D eigenvalue weighted by Gasteiger charge is -2.25. The highest BCUT2D eigenvalue weighted by Crippen LogP contribution is 2.41. The second-order valence-corrected chi connectivity index (χ2v) is 12.4. The number of nitrogens with zero attached hydrogens (tertiary/aromatic N) is 3. The van der Waals surface area contributed by atoms with Crippen LogP contribution in [-0.2, 0) is 21.5 Å². The fourth-order valence-electron chi connectivity index (χ4n) is 4.82. The van der Waals surface area contributed by atoms with Gasteiger partial charge in [-0.2, -0.15) is 13.1 Å². The van der Waals surface area contributed by atoms with Crippen LogP contribution < -0.4 is 10.0 Å². The molecule has 202 valence electrons. The number of pyridine rings is 1. The summed E-state index contributed by atoms with van der Waals surface area (Å²) in [5.41, 5.74) is 2.75. The number of anilines is 1. The lowest BCUT2D eigenvalue weighted by molar-refractivity contribution is 0.0699. The van der Waals surface area contributed by atoms with Crippen LogP contribution in [0, 0.1) is 5.92 Å². The standard InChI is InChI=1S/C23H23Cl2N5O6S2/c24-19-6-14-11(7-27-19)1-2-36-21(14)15-5-18(37-22(15)25)20(32)16-9-26-10-28-23(16)30-13-3-12(17(31)4-13)8-29-38(33,34)35/h5-7,9-10,12-13,17,21,29,31H,1-4,8H2,(H,26,28,30)(H,33,34,35)/t12-,13-,17+,21-/m1/s1. The average molecular weight is 601 g/mol. The summed E-state index contributed by atoms with van der Waals surface area (Å²) in [7, 11) is -4.36. The van der Waals surface area contributed by atoms with E-state index < -0.39 is 28.4 Å². The molecule has 0 bridgehead atoms. The number of nitrogens with one attached hydrogen (secondary N) is 2. The summed E-state index contributed by atoms with van der Waals surface area (Å²) in [5.74, 6) is -0.469. The van der Waals surface area contributed by atoms with Gasteiger partial charge in [0.25, 0.3) is 0 Å². The molecule has 0 saturated heterocycles. The van der Waals surface area contributed by atoms with Gasteiger partial charge in [0, 0.05) is 36.5 Å². The Bertz CT molecular complexity index is 1470. The van der Waals surface area contributed by atoms with Crippen molar-refractivity contribution in [2.45, 2.75) is 37.5 Å². The number of aromatic nitrogens is 3. The number of aliphatic hydroxyl groups excluding tert-OH is 1. The van der Waals surface area contributed by atoms with E-state index in [0.29, 0.717) is 45.8 Å². The van der Waals surface area contributed by atoms with E-state index in [-0.39, 0.29) is 29.8 Å². The van der Waals surface area contributed by atoms with Gasteiger partial charge < -0.3 is 15.2 Å². The molecule has 0 spiro atoms. The van der Waals surface area contributed by atoms with Crippen LogP contribution in [0.25, 0.3) is 0 Å². The number of halogens is 2. The average Bonchev–Trinajstić information content (AvgIpc) is 3.43. The molecule has 1 aliphatic heterocycles. The molecule has 0 radical (unpaired) electrons. The van der Waals surface area contributed by atoms with Crippen molar-refractivity contribution < 1.29 is 27.6 Å². The maximum Gasteiger partial charge on any atom is 0.333 e. The van der Waals surface area contributed by atoms with Crippen LogP contribution in [0.4, 0.5) is 5.82 Å². The van der Waals surface area contributed by atoms with Gasteiger partial charge in [0.1, 0.15) is 23.4 Å². The Labute approximate surface area is 232 Å². The Kier molecular flexibility index (Phi) is 7.99. The number of ether oxygens (including phenoxy) is 1.